The van der Waals surface area contributed by atoms with Crippen molar-refractivity contribution < 1.29 is 9.47 Å². The van der Waals surface area contributed by atoms with Crippen molar-refractivity contribution in [2.24, 2.45) is 4.99 Å². The topological polar surface area (TPSA) is 46.1 Å². The monoisotopic (exact) mass is 373 g/mol. The van der Waals surface area contributed by atoms with Gasteiger partial charge in [-0.3, -0.25) is 4.99 Å². The third kappa shape index (κ3) is 5.94. The number of ether oxygens (including phenoxy) is 2. The van der Waals surface area contributed by atoms with Crippen LogP contribution < -0.4 is 5.32 Å². The minimum absolute atomic E-state index is 0.310. The summed E-state index contributed by atoms with van der Waals surface area (Å²) >= 11 is 0. The lowest BCUT2D eigenvalue weighted by molar-refractivity contribution is -0.0721. The summed E-state index contributed by atoms with van der Waals surface area (Å²) in [7, 11) is 1.87. The largest absolute Gasteiger partial charge is 0.376 e. The molecule has 2 aliphatic heterocycles. The van der Waals surface area contributed by atoms with E-state index in [0.29, 0.717) is 12.2 Å². The molecule has 5 nitrogen and oxygen atoms in total. The number of nitrogens with one attached hydrogen (secondary N) is 1. The van der Waals surface area contributed by atoms with Gasteiger partial charge < -0.3 is 19.7 Å². The van der Waals surface area contributed by atoms with E-state index < -0.39 is 0 Å². The smallest absolute Gasteiger partial charge is 0.193 e. The second-order valence-electron chi connectivity index (χ2n) is 7.53. The molecule has 0 bridgehead atoms. The maximum absolute atomic E-state index is 6.13. The first-order chi connectivity index (χ1) is 13.3. The number of likely N-dealkylation sites (tertiary alicyclic amines) is 1. The minimum Gasteiger partial charge on any atom is -0.376 e. The van der Waals surface area contributed by atoms with Crippen molar-refractivity contribution >= 4 is 5.96 Å². The number of piperidine rings is 1. The van der Waals surface area contributed by atoms with Crippen molar-refractivity contribution in [3.8, 4) is 0 Å². The summed E-state index contributed by atoms with van der Waals surface area (Å²) in [4.78, 5) is 6.85. The Bertz CT molecular complexity index is 591. The fourth-order valence-corrected chi connectivity index (χ4v) is 4.00. The van der Waals surface area contributed by atoms with Gasteiger partial charge in [-0.1, -0.05) is 31.2 Å². The summed E-state index contributed by atoms with van der Waals surface area (Å²) in [5.41, 5.74) is 2.75. The van der Waals surface area contributed by atoms with Gasteiger partial charge in [0, 0.05) is 33.3 Å². The van der Waals surface area contributed by atoms with E-state index in [0.717, 1.165) is 64.5 Å². The number of aliphatic imine (C=N–C) groups is 1. The van der Waals surface area contributed by atoms with E-state index in [1.54, 1.807) is 0 Å². The number of hydrogen-bond donors (Lipinski definition) is 1. The number of aryl methyl sites for hydroxylation is 1. The number of nitrogens with zero attached hydrogens (tertiary/aromatic N) is 2. The van der Waals surface area contributed by atoms with Gasteiger partial charge in [0.2, 0.25) is 0 Å². The molecule has 0 saturated carbocycles. The second-order valence-corrected chi connectivity index (χ2v) is 7.53. The first-order valence-corrected chi connectivity index (χ1v) is 10.6. The molecule has 0 spiro atoms. The van der Waals surface area contributed by atoms with Gasteiger partial charge in [0.1, 0.15) is 0 Å². The number of guanidine groups is 1. The first-order valence-electron chi connectivity index (χ1n) is 10.6. The van der Waals surface area contributed by atoms with Crippen molar-refractivity contribution in [2.75, 3.05) is 33.4 Å². The second kappa shape index (κ2) is 10.7. The van der Waals surface area contributed by atoms with Crippen LogP contribution in [0.15, 0.2) is 29.3 Å². The highest BCUT2D eigenvalue weighted by Gasteiger charge is 2.23. The van der Waals surface area contributed by atoms with Crippen LogP contribution in [0.2, 0.25) is 0 Å². The van der Waals surface area contributed by atoms with E-state index in [2.05, 4.69) is 46.4 Å². The standard InChI is InChI=1S/C22H35N3O2/c1-3-18-8-4-5-9-19(18)16-24-22(23-2)25-13-11-20(12-14-25)27-17-21-10-6-7-15-26-21/h4-5,8-9,20-21H,3,6-7,10-17H2,1-2H3,(H,23,24). The van der Waals surface area contributed by atoms with Gasteiger partial charge in [0.05, 0.1) is 18.8 Å². The van der Waals surface area contributed by atoms with E-state index in [-0.39, 0.29) is 0 Å². The summed E-state index contributed by atoms with van der Waals surface area (Å²) in [6.07, 6.45) is 7.45. The quantitative estimate of drug-likeness (QED) is 0.613. The van der Waals surface area contributed by atoms with Gasteiger partial charge in [-0.05, 0) is 49.7 Å². The SMILES string of the molecule is CCc1ccccc1CNC(=NC)N1CCC(OCC2CCCCO2)CC1. The van der Waals surface area contributed by atoms with Crippen LogP contribution in [-0.2, 0) is 22.4 Å². The fourth-order valence-electron chi connectivity index (χ4n) is 4.00. The van der Waals surface area contributed by atoms with Crippen LogP contribution in [0.3, 0.4) is 0 Å². The normalized spacial score (nSPS) is 22.1. The fraction of sp³-hybridized carbons (Fsp3) is 0.682. The lowest BCUT2D eigenvalue weighted by atomic mass is 10.1. The van der Waals surface area contributed by atoms with Gasteiger partial charge in [-0.25, -0.2) is 0 Å². The molecule has 1 N–H and O–H groups in total. The summed E-state index contributed by atoms with van der Waals surface area (Å²) in [5.74, 6) is 0.995. The molecule has 0 amide bonds. The number of hydrogen-bond acceptors (Lipinski definition) is 3. The summed E-state index contributed by atoms with van der Waals surface area (Å²) in [6, 6.07) is 8.63. The molecule has 27 heavy (non-hydrogen) atoms. The first kappa shape index (κ1) is 20.2. The number of benzene rings is 1. The maximum atomic E-state index is 6.13. The Balaban J connectivity index is 1.41. The van der Waals surface area contributed by atoms with Crippen molar-refractivity contribution in [1.29, 1.82) is 0 Å². The van der Waals surface area contributed by atoms with Crippen LogP contribution in [-0.4, -0.2) is 56.4 Å². The molecule has 2 aliphatic rings. The lowest BCUT2D eigenvalue weighted by Gasteiger charge is -2.35. The molecular formula is C22H35N3O2. The molecule has 150 valence electrons. The molecule has 0 aromatic heterocycles. The Morgan fingerprint density at radius 1 is 1.19 bits per heavy atom. The molecule has 2 saturated heterocycles. The predicted molar refractivity (Wildman–Crippen MR) is 110 cm³/mol. The average Bonchev–Trinajstić information content (AvgIpc) is 2.74. The Kier molecular flexibility index (Phi) is 7.96. The van der Waals surface area contributed by atoms with Crippen molar-refractivity contribution in [3.63, 3.8) is 0 Å². The molecule has 5 heteroatoms. The van der Waals surface area contributed by atoms with Gasteiger partial charge >= 0.3 is 0 Å². The van der Waals surface area contributed by atoms with E-state index in [1.165, 1.54) is 24.0 Å². The molecule has 2 fully saturated rings. The molecular weight excluding hydrogens is 338 g/mol. The Morgan fingerprint density at radius 3 is 2.63 bits per heavy atom. The summed E-state index contributed by atoms with van der Waals surface area (Å²) in [6.45, 7) is 6.67. The van der Waals surface area contributed by atoms with Crippen molar-refractivity contribution in [3.05, 3.63) is 35.4 Å². The molecule has 1 unspecified atom stereocenters. The van der Waals surface area contributed by atoms with Crippen LogP contribution >= 0.6 is 0 Å². The van der Waals surface area contributed by atoms with E-state index >= 15 is 0 Å². The Hall–Kier alpha value is -1.59. The van der Waals surface area contributed by atoms with Crippen LogP contribution in [0.5, 0.6) is 0 Å². The van der Waals surface area contributed by atoms with Gasteiger partial charge in [0.15, 0.2) is 5.96 Å². The highest BCUT2D eigenvalue weighted by molar-refractivity contribution is 5.80. The molecule has 2 heterocycles. The van der Waals surface area contributed by atoms with E-state index in [9.17, 15) is 0 Å². The van der Waals surface area contributed by atoms with E-state index in [1.807, 2.05) is 7.05 Å². The Morgan fingerprint density at radius 2 is 1.96 bits per heavy atom. The predicted octanol–water partition coefficient (Wildman–Crippen LogP) is 3.37. The van der Waals surface area contributed by atoms with Crippen LogP contribution in [0, 0.1) is 0 Å². The van der Waals surface area contributed by atoms with Crippen LogP contribution in [0.25, 0.3) is 0 Å². The highest BCUT2D eigenvalue weighted by atomic mass is 16.5. The van der Waals surface area contributed by atoms with Crippen LogP contribution in [0.4, 0.5) is 0 Å². The zero-order valence-corrected chi connectivity index (χ0v) is 17.0. The Labute approximate surface area is 164 Å². The van der Waals surface area contributed by atoms with Gasteiger partial charge in [-0.2, -0.15) is 0 Å². The third-order valence-electron chi connectivity index (χ3n) is 5.68. The molecule has 1 aromatic rings. The molecule has 1 aromatic carbocycles. The van der Waals surface area contributed by atoms with Crippen LogP contribution in [0.1, 0.15) is 50.2 Å². The average molecular weight is 374 g/mol. The van der Waals surface area contributed by atoms with Gasteiger partial charge in [0.25, 0.3) is 0 Å². The van der Waals surface area contributed by atoms with E-state index in [4.69, 9.17) is 9.47 Å². The lowest BCUT2D eigenvalue weighted by Crippen LogP contribution is -2.47. The number of rotatable bonds is 6. The van der Waals surface area contributed by atoms with Crippen molar-refractivity contribution in [1.82, 2.24) is 10.2 Å². The molecule has 0 radical (unpaired) electrons. The summed E-state index contributed by atoms with van der Waals surface area (Å²) in [5, 5.41) is 3.54. The highest BCUT2D eigenvalue weighted by Crippen LogP contribution is 2.18. The van der Waals surface area contributed by atoms with Gasteiger partial charge in [-0.15, -0.1) is 0 Å². The third-order valence-corrected chi connectivity index (χ3v) is 5.68. The summed E-state index contributed by atoms with van der Waals surface area (Å²) < 4.78 is 11.9. The molecule has 0 aliphatic carbocycles. The molecule has 3 rings (SSSR count). The minimum atomic E-state index is 0.310. The van der Waals surface area contributed by atoms with Crippen molar-refractivity contribution in [2.45, 2.75) is 64.2 Å². The molecule has 1 atom stereocenters. The maximum Gasteiger partial charge on any atom is 0.193 e. The zero-order valence-electron chi connectivity index (χ0n) is 17.0. The zero-order chi connectivity index (χ0) is 18.9.